The fourth-order valence-electron chi connectivity index (χ4n) is 7.83. The van der Waals surface area contributed by atoms with E-state index in [-0.39, 0.29) is 34.9 Å². The standard InChI is InChI=1S/C23H26F2N2O3.C12H14BrNO2.C11H13F2NO/c1-15-2-4-16(5-3-15)13-27-23(29)21(9-11-30-27)26-10-8-18(20(25)14-26)17-6-7-22(28)19(24)12-17;1-9-2-4-10(5-3-9)8-14-12(15)11(13)6-7-16-14;12-9-5-7(1-2-11(9)15)8-3-4-14-6-10(8)13/h2-7,12,18,20-21,28H,8-11,13-14H2,1H3;2-5,11H,6-8H2,1H3;1-2,5,8,10,14-15H,3-4,6H2. The molecule has 10 nitrogen and oxygen atoms in total. The van der Waals surface area contributed by atoms with Gasteiger partial charge in [-0.1, -0.05) is 87.7 Å². The summed E-state index contributed by atoms with van der Waals surface area (Å²) in [4.78, 5) is 37.5. The molecule has 328 valence electrons. The molecule has 4 aromatic rings. The lowest BCUT2D eigenvalue weighted by atomic mass is 9.87. The van der Waals surface area contributed by atoms with Crippen LogP contribution < -0.4 is 5.32 Å². The molecule has 4 heterocycles. The highest BCUT2D eigenvalue weighted by Gasteiger charge is 2.40. The first-order valence-corrected chi connectivity index (χ1v) is 21.5. The number of benzene rings is 4. The fourth-order valence-corrected chi connectivity index (χ4v) is 8.25. The molecule has 0 aliphatic carbocycles. The zero-order valence-electron chi connectivity index (χ0n) is 34.3. The van der Waals surface area contributed by atoms with Crippen molar-refractivity contribution in [3.63, 3.8) is 0 Å². The Morgan fingerprint density at radius 2 is 1.20 bits per heavy atom. The van der Waals surface area contributed by atoms with Crippen molar-refractivity contribution in [3.05, 3.63) is 130 Å². The maximum atomic E-state index is 15.0. The van der Waals surface area contributed by atoms with Gasteiger partial charge in [-0.05, 0) is 99.1 Å². The second-order valence-electron chi connectivity index (χ2n) is 15.9. The van der Waals surface area contributed by atoms with E-state index in [4.69, 9.17) is 14.8 Å². The number of piperidine rings is 2. The summed E-state index contributed by atoms with van der Waals surface area (Å²) >= 11 is 3.35. The number of halogens is 5. The van der Waals surface area contributed by atoms with Gasteiger partial charge >= 0.3 is 0 Å². The quantitative estimate of drug-likeness (QED) is 0.126. The number of hydroxylamine groups is 4. The van der Waals surface area contributed by atoms with Gasteiger partial charge < -0.3 is 15.5 Å². The maximum Gasteiger partial charge on any atom is 0.263 e. The number of nitrogens with one attached hydrogen (secondary N) is 1. The normalized spacial score (nSPS) is 24.6. The Morgan fingerprint density at radius 1 is 0.689 bits per heavy atom. The molecule has 61 heavy (non-hydrogen) atoms. The molecule has 0 radical (unpaired) electrons. The summed E-state index contributed by atoms with van der Waals surface area (Å²) in [5.74, 6) is -3.10. The number of carbonyl (C=O) groups is 2. The van der Waals surface area contributed by atoms with Gasteiger partial charge in [0, 0.05) is 24.9 Å². The number of carbonyl (C=O) groups excluding carboxylic acids is 2. The van der Waals surface area contributed by atoms with E-state index >= 15 is 0 Å². The topological polar surface area (TPSA) is 115 Å². The van der Waals surface area contributed by atoms with Crippen LogP contribution in [0.5, 0.6) is 11.5 Å². The van der Waals surface area contributed by atoms with E-state index in [0.29, 0.717) is 69.8 Å². The number of alkyl halides is 3. The molecule has 0 saturated carbocycles. The molecule has 4 aromatic carbocycles. The second kappa shape index (κ2) is 21.5. The van der Waals surface area contributed by atoms with E-state index in [2.05, 4.69) is 21.2 Å². The predicted octanol–water partition coefficient (Wildman–Crippen LogP) is 8.07. The zero-order chi connectivity index (χ0) is 43.6. The van der Waals surface area contributed by atoms with Gasteiger partial charge in [-0.15, -0.1) is 0 Å². The molecular formula is C46H53BrF4N4O6. The third-order valence-electron chi connectivity index (χ3n) is 11.4. The van der Waals surface area contributed by atoms with Crippen LogP contribution in [0.4, 0.5) is 17.6 Å². The Kier molecular flexibility index (Phi) is 16.2. The van der Waals surface area contributed by atoms with Gasteiger partial charge in [-0.25, -0.2) is 27.7 Å². The molecule has 0 bridgehead atoms. The average Bonchev–Trinajstić information content (AvgIpc) is 3.25. The van der Waals surface area contributed by atoms with Crippen molar-refractivity contribution in [1.29, 1.82) is 0 Å². The first-order chi connectivity index (χ1) is 29.3. The van der Waals surface area contributed by atoms with E-state index < -0.39 is 41.7 Å². The summed E-state index contributed by atoms with van der Waals surface area (Å²) in [5.41, 5.74) is 5.59. The number of nitrogens with zero attached hydrogens (tertiary/aromatic N) is 3. The van der Waals surface area contributed by atoms with Crippen LogP contribution in [0, 0.1) is 25.5 Å². The number of hydrogen-bond acceptors (Lipinski definition) is 8. The first-order valence-electron chi connectivity index (χ1n) is 20.6. The first kappa shape index (κ1) is 46.0. The Balaban J connectivity index is 0.000000169. The SMILES string of the molecule is Cc1ccc(CN2OCCC(Br)C2=O)cc1.Cc1ccc(CN2OCCC(N3CCC(c4ccc(O)c(F)c4)C(F)C3)C2=O)cc1.Oc1ccc(C2CCNCC2F)cc1F. The molecule has 4 aliphatic rings. The molecule has 0 aromatic heterocycles. The predicted molar refractivity (Wildman–Crippen MR) is 226 cm³/mol. The summed E-state index contributed by atoms with van der Waals surface area (Å²) in [6.45, 7) is 7.63. The largest absolute Gasteiger partial charge is 0.505 e. The van der Waals surface area contributed by atoms with E-state index in [0.717, 1.165) is 29.7 Å². The van der Waals surface area contributed by atoms with Crippen molar-refractivity contribution in [2.45, 2.75) is 87.7 Å². The summed E-state index contributed by atoms with van der Waals surface area (Å²) in [7, 11) is 0. The van der Waals surface area contributed by atoms with Gasteiger partial charge in [0.15, 0.2) is 23.1 Å². The monoisotopic (exact) mass is 912 g/mol. The van der Waals surface area contributed by atoms with Crippen LogP contribution >= 0.6 is 15.9 Å². The number of rotatable bonds is 7. The lowest BCUT2D eigenvalue weighted by Gasteiger charge is -2.42. The molecular weight excluding hydrogens is 860 g/mol. The molecule has 4 fully saturated rings. The number of likely N-dealkylation sites (tertiary alicyclic amines) is 1. The highest BCUT2D eigenvalue weighted by Crippen LogP contribution is 2.35. The molecule has 15 heteroatoms. The third kappa shape index (κ3) is 12.3. The number of aromatic hydroxyl groups is 2. The molecule has 3 N–H and O–H groups in total. The lowest BCUT2D eigenvalue weighted by Crippen LogP contribution is -2.56. The highest BCUT2D eigenvalue weighted by molar-refractivity contribution is 9.10. The third-order valence-corrected chi connectivity index (χ3v) is 12.3. The summed E-state index contributed by atoms with van der Waals surface area (Å²) in [6.07, 6.45) is 0.198. The highest BCUT2D eigenvalue weighted by atomic mass is 79.9. The molecule has 4 aliphatic heterocycles. The summed E-state index contributed by atoms with van der Waals surface area (Å²) < 4.78 is 55.3. The minimum Gasteiger partial charge on any atom is -0.505 e. The Morgan fingerprint density at radius 3 is 1.70 bits per heavy atom. The molecule has 8 rings (SSSR count). The lowest BCUT2D eigenvalue weighted by molar-refractivity contribution is -0.212. The van der Waals surface area contributed by atoms with Crippen LogP contribution in [0.3, 0.4) is 0 Å². The molecule has 6 atom stereocenters. The molecule has 0 spiro atoms. The van der Waals surface area contributed by atoms with E-state index in [1.54, 1.807) is 12.1 Å². The van der Waals surface area contributed by atoms with Crippen molar-refractivity contribution in [3.8, 4) is 11.5 Å². The number of phenolic OH excluding ortho intramolecular Hbond substituents is 2. The molecule has 4 saturated heterocycles. The van der Waals surface area contributed by atoms with Gasteiger partial charge in [0.1, 0.15) is 12.3 Å². The van der Waals surface area contributed by atoms with Crippen LogP contribution in [0.15, 0.2) is 84.9 Å². The Bertz CT molecular complexity index is 2080. The van der Waals surface area contributed by atoms with Crippen LogP contribution in [-0.2, 0) is 32.4 Å². The summed E-state index contributed by atoms with van der Waals surface area (Å²) in [5, 5.41) is 24.2. The summed E-state index contributed by atoms with van der Waals surface area (Å²) in [6, 6.07) is 23.7. The van der Waals surface area contributed by atoms with Gasteiger partial charge in [-0.2, -0.15) is 0 Å². The van der Waals surface area contributed by atoms with E-state index in [9.17, 15) is 32.3 Å². The Hall–Kier alpha value is -4.54. The Labute approximate surface area is 362 Å². The zero-order valence-corrected chi connectivity index (χ0v) is 35.9. The molecule has 2 amide bonds. The van der Waals surface area contributed by atoms with Crippen LogP contribution in [0.2, 0.25) is 0 Å². The van der Waals surface area contributed by atoms with E-state index in [1.807, 2.05) is 67.3 Å². The second-order valence-corrected chi connectivity index (χ2v) is 17.0. The van der Waals surface area contributed by atoms with Crippen molar-refractivity contribution in [2.75, 3.05) is 39.4 Å². The molecule has 6 unspecified atom stereocenters. The maximum absolute atomic E-state index is 15.0. The van der Waals surface area contributed by atoms with Gasteiger partial charge in [0.2, 0.25) is 0 Å². The van der Waals surface area contributed by atoms with Crippen LogP contribution in [0.25, 0.3) is 0 Å². The minimum atomic E-state index is -1.22. The minimum absolute atomic E-state index is 0.00632. The van der Waals surface area contributed by atoms with E-state index in [1.165, 1.54) is 40.0 Å². The number of amides is 2. The van der Waals surface area contributed by atoms with Crippen molar-refractivity contribution in [1.82, 2.24) is 20.3 Å². The number of hydrogen-bond donors (Lipinski definition) is 3. The smallest absolute Gasteiger partial charge is 0.263 e. The number of phenols is 2. The fraction of sp³-hybridized carbons (Fsp3) is 0.435. The van der Waals surface area contributed by atoms with Crippen LogP contribution in [-0.4, -0.2) is 99.7 Å². The van der Waals surface area contributed by atoms with Crippen molar-refractivity contribution in [2.24, 2.45) is 0 Å². The average molecular weight is 914 g/mol. The van der Waals surface area contributed by atoms with Crippen molar-refractivity contribution < 1.29 is 47.0 Å². The van der Waals surface area contributed by atoms with Gasteiger partial charge in [-0.3, -0.25) is 24.2 Å². The van der Waals surface area contributed by atoms with Crippen molar-refractivity contribution >= 4 is 27.7 Å². The van der Waals surface area contributed by atoms with Gasteiger partial charge in [0.25, 0.3) is 11.8 Å². The number of aryl methyl sites for hydroxylation is 2. The van der Waals surface area contributed by atoms with Crippen LogP contribution in [0.1, 0.15) is 70.9 Å². The van der Waals surface area contributed by atoms with Gasteiger partial charge in [0.05, 0.1) is 37.2 Å².